The first-order valence-electron chi connectivity index (χ1n) is 13.5. The van der Waals surface area contributed by atoms with Crippen molar-refractivity contribution in [3.63, 3.8) is 0 Å². The van der Waals surface area contributed by atoms with E-state index >= 15 is 0 Å². The van der Waals surface area contributed by atoms with Crippen molar-refractivity contribution >= 4 is 23.8 Å². The molecule has 8 nitrogen and oxygen atoms in total. The Morgan fingerprint density at radius 3 is 2.24 bits per heavy atom. The number of ether oxygens (including phenoxy) is 2. The van der Waals surface area contributed by atoms with E-state index < -0.39 is 5.82 Å². The second-order valence-corrected chi connectivity index (χ2v) is 11.6. The number of fused-ring (bicyclic) bond motifs is 1. The Kier molecular flexibility index (Phi) is 7.29. The van der Waals surface area contributed by atoms with E-state index in [1.807, 2.05) is 11.0 Å². The Balaban J connectivity index is 1.09. The minimum atomic E-state index is -0.487. The van der Waals surface area contributed by atoms with Crippen molar-refractivity contribution in [2.24, 2.45) is 22.9 Å². The number of pyridine rings is 1. The van der Waals surface area contributed by atoms with Gasteiger partial charge in [0, 0.05) is 80.0 Å². The molecule has 1 saturated carbocycles. The van der Waals surface area contributed by atoms with E-state index in [9.17, 15) is 14.0 Å². The molecule has 3 aliphatic heterocycles. The average Bonchev–Trinajstić information content (AvgIpc) is 3.61. The first-order chi connectivity index (χ1) is 18.5. The molecular weight excluding hydrogens is 507 g/mol. The molecule has 4 fully saturated rings. The van der Waals surface area contributed by atoms with E-state index in [4.69, 9.17) is 19.6 Å². The second-order valence-electron chi connectivity index (χ2n) is 11.0. The van der Waals surface area contributed by atoms with Crippen LogP contribution >= 0.6 is 11.9 Å². The lowest BCUT2D eigenvalue weighted by molar-refractivity contribution is 0.0490. The average molecular weight is 541 g/mol. The number of rotatable bonds is 7. The van der Waals surface area contributed by atoms with Gasteiger partial charge in [-0.15, -0.1) is 0 Å². The van der Waals surface area contributed by atoms with Gasteiger partial charge in [0.15, 0.2) is 0 Å². The molecule has 1 aliphatic carbocycles. The third-order valence-electron chi connectivity index (χ3n) is 8.24. The summed E-state index contributed by atoms with van der Waals surface area (Å²) in [7, 11) is 0. The maximum absolute atomic E-state index is 14.1. The van der Waals surface area contributed by atoms with Gasteiger partial charge in [-0.25, -0.2) is 9.37 Å². The monoisotopic (exact) mass is 540 g/mol. The normalized spacial score (nSPS) is 23.5. The van der Waals surface area contributed by atoms with Crippen LogP contribution in [-0.2, 0) is 4.74 Å². The lowest BCUT2D eigenvalue weighted by Gasteiger charge is -2.23. The number of benzene rings is 1. The minimum absolute atomic E-state index is 0.00515. The standard InChI is InChI=1S/C28H33FN4O4S/c29-23-9-19(3-4-25(23)38-30)27(34)32-12-21-14-33(15-22(21)13-32)28(35)20-10-24(18-1-2-18)31-26(11-20)37-16-17-5-7-36-8-6-17/h3-4,9-11,17-18,21-22H,1-2,5-8,12-16,30H2. The molecule has 0 bridgehead atoms. The molecule has 2 aromatic rings. The molecule has 2 unspecified atom stereocenters. The maximum Gasteiger partial charge on any atom is 0.254 e. The van der Waals surface area contributed by atoms with Crippen molar-refractivity contribution in [2.45, 2.75) is 36.5 Å². The molecule has 2 atom stereocenters. The zero-order chi connectivity index (χ0) is 26.2. The first-order valence-corrected chi connectivity index (χ1v) is 14.3. The molecule has 10 heteroatoms. The number of carbonyl (C=O) groups is 2. The van der Waals surface area contributed by atoms with E-state index in [2.05, 4.69) is 0 Å². The first kappa shape index (κ1) is 25.6. The number of hydrogen-bond donors (Lipinski definition) is 1. The van der Waals surface area contributed by atoms with Crippen molar-refractivity contribution < 1.29 is 23.5 Å². The summed E-state index contributed by atoms with van der Waals surface area (Å²) < 4.78 is 25.7. The number of nitrogens with zero attached hydrogens (tertiary/aromatic N) is 3. The van der Waals surface area contributed by atoms with Crippen molar-refractivity contribution in [2.75, 3.05) is 46.0 Å². The van der Waals surface area contributed by atoms with Gasteiger partial charge in [-0.3, -0.25) is 14.7 Å². The SMILES string of the molecule is NSc1ccc(C(=O)N2CC3CN(C(=O)c4cc(OCC5CCOCC5)nc(C5CC5)c4)CC3C2)cc1F. The molecule has 3 saturated heterocycles. The van der Waals surface area contributed by atoms with Crippen LogP contribution < -0.4 is 9.88 Å². The smallest absolute Gasteiger partial charge is 0.254 e. The quantitative estimate of drug-likeness (QED) is 0.535. The number of likely N-dealkylation sites (tertiary alicyclic amines) is 2. The number of nitrogens with two attached hydrogens (primary N) is 1. The van der Waals surface area contributed by atoms with Crippen LogP contribution in [0.4, 0.5) is 4.39 Å². The van der Waals surface area contributed by atoms with Gasteiger partial charge in [0.05, 0.1) is 11.5 Å². The molecule has 6 rings (SSSR count). The third-order valence-corrected chi connectivity index (χ3v) is 8.82. The predicted molar refractivity (Wildman–Crippen MR) is 140 cm³/mol. The van der Waals surface area contributed by atoms with Gasteiger partial charge in [-0.2, -0.15) is 0 Å². The third kappa shape index (κ3) is 5.39. The van der Waals surface area contributed by atoms with Crippen LogP contribution in [0.3, 0.4) is 0 Å². The molecule has 0 spiro atoms. The van der Waals surface area contributed by atoms with E-state index in [-0.39, 0.29) is 23.7 Å². The van der Waals surface area contributed by atoms with Gasteiger partial charge in [0.2, 0.25) is 5.88 Å². The van der Waals surface area contributed by atoms with Crippen LogP contribution in [0, 0.1) is 23.6 Å². The highest BCUT2D eigenvalue weighted by Gasteiger charge is 2.43. The summed E-state index contributed by atoms with van der Waals surface area (Å²) in [5.41, 5.74) is 1.90. The van der Waals surface area contributed by atoms with E-state index in [1.54, 1.807) is 17.0 Å². The molecule has 1 aromatic carbocycles. The van der Waals surface area contributed by atoms with Crippen molar-refractivity contribution in [3.05, 3.63) is 53.0 Å². The Morgan fingerprint density at radius 1 is 0.974 bits per heavy atom. The summed E-state index contributed by atoms with van der Waals surface area (Å²) in [4.78, 5) is 35.3. The molecule has 1 aromatic heterocycles. The Labute approximate surface area is 226 Å². The highest BCUT2D eigenvalue weighted by Crippen LogP contribution is 2.40. The van der Waals surface area contributed by atoms with Crippen molar-refractivity contribution in [1.29, 1.82) is 0 Å². The Bertz CT molecular complexity index is 1210. The van der Waals surface area contributed by atoms with E-state index in [0.717, 1.165) is 56.5 Å². The van der Waals surface area contributed by atoms with Gasteiger partial charge >= 0.3 is 0 Å². The molecule has 2 N–H and O–H groups in total. The van der Waals surface area contributed by atoms with Crippen LogP contribution in [0.2, 0.25) is 0 Å². The zero-order valence-corrected chi connectivity index (χ0v) is 22.1. The highest BCUT2D eigenvalue weighted by atomic mass is 32.2. The number of hydrogen-bond acceptors (Lipinski definition) is 7. The number of carbonyl (C=O) groups excluding carboxylic acids is 2. The molecule has 4 heterocycles. The van der Waals surface area contributed by atoms with Crippen LogP contribution in [0.25, 0.3) is 0 Å². The molecule has 38 heavy (non-hydrogen) atoms. The predicted octanol–water partition coefficient (Wildman–Crippen LogP) is 3.71. The van der Waals surface area contributed by atoms with Crippen LogP contribution in [0.5, 0.6) is 5.88 Å². The lowest BCUT2D eigenvalue weighted by Crippen LogP contribution is -2.35. The topological polar surface area (TPSA) is 98.0 Å². The summed E-state index contributed by atoms with van der Waals surface area (Å²) in [5.74, 6) is 1.14. The summed E-state index contributed by atoms with van der Waals surface area (Å²) in [6.45, 7) is 4.45. The Hall–Kier alpha value is -2.69. The largest absolute Gasteiger partial charge is 0.477 e. The fourth-order valence-corrected chi connectivity index (χ4v) is 6.17. The molecule has 202 valence electrons. The summed E-state index contributed by atoms with van der Waals surface area (Å²) in [6, 6.07) is 8.13. The van der Waals surface area contributed by atoms with Crippen molar-refractivity contribution in [3.8, 4) is 5.88 Å². The Morgan fingerprint density at radius 2 is 1.63 bits per heavy atom. The molecule has 2 amide bonds. The fourth-order valence-electron chi connectivity index (χ4n) is 5.85. The molecular formula is C28H33FN4O4S. The highest BCUT2D eigenvalue weighted by molar-refractivity contribution is 7.97. The second kappa shape index (κ2) is 10.8. The van der Waals surface area contributed by atoms with Gasteiger partial charge in [0.1, 0.15) is 5.82 Å². The van der Waals surface area contributed by atoms with E-state index in [1.165, 1.54) is 12.1 Å². The summed E-state index contributed by atoms with van der Waals surface area (Å²) in [5, 5.41) is 5.46. The van der Waals surface area contributed by atoms with Crippen LogP contribution in [0.15, 0.2) is 35.2 Å². The summed E-state index contributed by atoms with van der Waals surface area (Å²) in [6.07, 6.45) is 4.16. The molecule has 0 radical (unpaired) electrons. The van der Waals surface area contributed by atoms with Crippen LogP contribution in [0.1, 0.15) is 58.0 Å². The number of halogens is 1. The van der Waals surface area contributed by atoms with Crippen LogP contribution in [-0.4, -0.2) is 72.6 Å². The molecule has 4 aliphatic rings. The maximum atomic E-state index is 14.1. The zero-order valence-electron chi connectivity index (χ0n) is 21.3. The summed E-state index contributed by atoms with van der Waals surface area (Å²) >= 11 is 0.825. The lowest BCUT2D eigenvalue weighted by atomic mass is 10.0. The fraction of sp³-hybridized carbons (Fsp3) is 0.536. The number of aromatic nitrogens is 1. The van der Waals surface area contributed by atoms with Gasteiger partial charge in [0.25, 0.3) is 11.8 Å². The minimum Gasteiger partial charge on any atom is -0.477 e. The van der Waals surface area contributed by atoms with Gasteiger partial charge in [-0.1, -0.05) is 0 Å². The van der Waals surface area contributed by atoms with Crippen molar-refractivity contribution in [1.82, 2.24) is 14.8 Å². The van der Waals surface area contributed by atoms with E-state index in [0.29, 0.717) is 66.5 Å². The number of amides is 2. The van der Waals surface area contributed by atoms with Gasteiger partial charge < -0.3 is 19.3 Å². The van der Waals surface area contributed by atoms with Gasteiger partial charge in [-0.05, 0) is 67.8 Å².